The summed E-state index contributed by atoms with van der Waals surface area (Å²) in [7, 11) is -2.12. The zero-order valence-corrected chi connectivity index (χ0v) is 12.3. The van der Waals surface area contributed by atoms with Crippen LogP contribution in [0, 0.1) is 0 Å². The Balaban J connectivity index is 2.44. The summed E-state index contributed by atoms with van der Waals surface area (Å²) < 4.78 is 29.9. The van der Waals surface area contributed by atoms with Crippen LogP contribution in [-0.4, -0.2) is 20.5 Å². The number of benzene rings is 1. The van der Waals surface area contributed by atoms with Crippen LogP contribution in [0.15, 0.2) is 41.6 Å². The van der Waals surface area contributed by atoms with Gasteiger partial charge in [-0.15, -0.1) is 0 Å². The molecule has 1 heterocycles. The number of sulfone groups is 1. The Labute approximate surface area is 122 Å². The number of pyridine rings is 1. The van der Waals surface area contributed by atoms with Crippen molar-refractivity contribution in [1.29, 1.82) is 0 Å². The number of hydrogen-bond donors (Lipinski definition) is 1. The lowest BCUT2D eigenvalue weighted by atomic mass is 10.2. The fraction of sp³-hybridized carbons (Fsp3) is 0.154. The van der Waals surface area contributed by atoms with Gasteiger partial charge in [0.1, 0.15) is 5.75 Å². The van der Waals surface area contributed by atoms with Crippen molar-refractivity contribution in [3.63, 3.8) is 0 Å². The summed E-state index contributed by atoms with van der Waals surface area (Å²) in [4.78, 5) is 3.83. The van der Waals surface area contributed by atoms with Gasteiger partial charge < -0.3 is 10.5 Å². The lowest BCUT2D eigenvalue weighted by molar-refractivity contribution is 0.411. The smallest absolute Gasteiger partial charge is 0.184 e. The van der Waals surface area contributed by atoms with Gasteiger partial charge in [-0.2, -0.15) is 0 Å². The predicted molar refractivity (Wildman–Crippen MR) is 77.5 cm³/mol. The van der Waals surface area contributed by atoms with Crippen molar-refractivity contribution in [2.24, 2.45) is 0 Å². The fourth-order valence-electron chi connectivity index (χ4n) is 1.82. The van der Waals surface area contributed by atoms with Gasteiger partial charge in [0.05, 0.1) is 29.6 Å². The Hall–Kier alpha value is -1.79. The molecule has 0 spiro atoms. The number of methoxy groups -OCH3 is 1. The monoisotopic (exact) mass is 312 g/mol. The van der Waals surface area contributed by atoms with Crippen LogP contribution in [0.5, 0.6) is 5.75 Å². The first kappa shape index (κ1) is 14.6. The average Bonchev–Trinajstić information content (AvgIpc) is 2.39. The van der Waals surface area contributed by atoms with Crippen LogP contribution in [0.3, 0.4) is 0 Å². The van der Waals surface area contributed by atoms with E-state index in [1.807, 2.05) is 0 Å². The van der Waals surface area contributed by atoms with Gasteiger partial charge in [-0.3, -0.25) is 4.98 Å². The molecule has 0 aliphatic heterocycles. The minimum absolute atomic E-state index is 0.0505. The first-order valence-corrected chi connectivity index (χ1v) is 7.72. The molecule has 0 saturated heterocycles. The molecule has 1 aromatic carbocycles. The highest BCUT2D eigenvalue weighted by molar-refractivity contribution is 7.90. The van der Waals surface area contributed by atoms with Crippen molar-refractivity contribution in [3.8, 4) is 5.75 Å². The Kier molecular flexibility index (Phi) is 4.15. The van der Waals surface area contributed by atoms with Gasteiger partial charge >= 0.3 is 0 Å². The van der Waals surface area contributed by atoms with Gasteiger partial charge in [-0.1, -0.05) is 11.6 Å². The second-order valence-electron chi connectivity index (χ2n) is 4.13. The third kappa shape index (κ3) is 3.02. The number of halogens is 1. The summed E-state index contributed by atoms with van der Waals surface area (Å²) in [6.07, 6.45) is 2.69. The van der Waals surface area contributed by atoms with Crippen LogP contribution in [0.2, 0.25) is 5.02 Å². The van der Waals surface area contributed by atoms with Crippen LogP contribution in [0.1, 0.15) is 5.56 Å². The van der Waals surface area contributed by atoms with E-state index in [1.54, 1.807) is 18.2 Å². The Morgan fingerprint density at radius 3 is 2.75 bits per heavy atom. The first-order valence-electron chi connectivity index (χ1n) is 5.68. The van der Waals surface area contributed by atoms with Crippen LogP contribution in [0.25, 0.3) is 0 Å². The molecule has 0 fully saturated rings. The Morgan fingerprint density at radius 2 is 2.10 bits per heavy atom. The third-order valence-corrected chi connectivity index (χ3v) is 4.70. The van der Waals surface area contributed by atoms with E-state index in [1.165, 1.54) is 25.6 Å². The predicted octanol–water partition coefficient (Wildman–Crippen LogP) is 2.30. The maximum absolute atomic E-state index is 12.4. The average molecular weight is 313 g/mol. The summed E-state index contributed by atoms with van der Waals surface area (Å²) in [5, 5.41) is 0.443. The van der Waals surface area contributed by atoms with Crippen molar-refractivity contribution in [1.82, 2.24) is 4.98 Å². The van der Waals surface area contributed by atoms with E-state index >= 15 is 0 Å². The topological polar surface area (TPSA) is 82.3 Å². The highest BCUT2D eigenvalue weighted by atomic mass is 35.5. The van der Waals surface area contributed by atoms with Crippen molar-refractivity contribution < 1.29 is 13.2 Å². The Bertz CT molecular complexity index is 732. The molecule has 0 amide bonds. The Morgan fingerprint density at radius 1 is 1.35 bits per heavy atom. The molecule has 0 atom stereocenters. The normalized spacial score (nSPS) is 11.3. The van der Waals surface area contributed by atoms with Crippen LogP contribution in [0.4, 0.5) is 5.69 Å². The van der Waals surface area contributed by atoms with Crippen LogP contribution >= 0.6 is 11.6 Å². The zero-order chi connectivity index (χ0) is 14.8. The van der Waals surface area contributed by atoms with E-state index in [2.05, 4.69) is 4.98 Å². The van der Waals surface area contributed by atoms with Gasteiger partial charge in [-0.05, 0) is 24.3 Å². The van der Waals surface area contributed by atoms with Gasteiger partial charge in [-0.25, -0.2) is 8.42 Å². The van der Waals surface area contributed by atoms with Crippen molar-refractivity contribution in [2.75, 3.05) is 12.8 Å². The summed E-state index contributed by atoms with van der Waals surface area (Å²) >= 11 is 5.89. The van der Waals surface area contributed by atoms with Gasteiger partial charge in [0.15, 0.2) is 9.84 Å². The quantitative estimate of drug-likeness (QED) is 0.936. The van der Waals surface area contributed by atoms with E-state index in [-0.39, 0.29) is 16.3 Å². The van der Waals surface area contributed by atoms with Gasteiger partial charge in [0.2, 0.25) is 0 Å². The first-order chi connectivity index (χ1) is 9.44. The summed E-state index contributed by atoms with van der Waals surface area (Å²) in [5.74, 6) is 0.218. The largest absolute Gasteiger partial charge is 0.496 e. The second-order valence-corrected chi connectivity index (χ2v) is 6.52. The lowest BCUT2D eigenvalue weighted by Gasteiger charge is -2.10. The molecule has 2 rings (SSSR count). The summed E-state index contributed by atoms with van der Waals surface area (Å²) in [6, 6.07) is 6.21. The van der Waals surface area contributed by atoms with E-state index in [0.29, 0.717) is 16.3 Å². The van der Waals surface area contributed by atoms with Crippen LogP contribution < -0.4 is 10.5 Å². The number of nitrogens with two attached hydrogens (primary N) is 1. The van der Waals surface area contributed by atoms with E-state index in [0.717, 1.165) is 0 Å². The number of nitrogens with zero attached hydrogens (tertiary/aromatic N) is 1. The molecule has 5 nitrogen and oxygen atoms in total. The highest BCUT2D eigenvalue weighted by Crippen LogP contribution is 2.28. The minimum atomic E-state index is -3.60. The van der Waals surface area contributed by atoms with Gasteiger partial charge in [0.25, 0.3) is 0 Å². The molecule has 0 radical (unpaired) electrons. The molecule has 0 saturated carbocycles. The number of rotatable bonds is 4. The maximum atomic E-state index is 12.4. The minimum Gasteiger partial charge on any atom is -0.496 e. The van der Waals surface area contributed by atoms with Crippen molar-refractivity contribution >= 4 is 27.1 Å². The van der Waals surface area contributed by atoms with Crippen molar-refractivity contribution in [2.45, 2.75) is 10.6 Å². The standard InChI is InChI=1S/C13H13ClN2O3S/c1-19-12-3-2-10(14)6-9(12)8-20(17,18)13-4-5-16-7-11(13)15/h2-7H,8,15H2,1H3. The molecule has 0 aliphatic carbocycles. The molecule has 0 aliphatic rings. The second kappa shape index (κ2) is 5.68. The zero-order valence-electron chi connectivity index (χ0n) is 10.7. The van der Waals surface area contributed by atoms with Crippen molar-refractivity contribution in [3.05, 3.63) is 47.2 Å². The van der Waals surface area contributed by atoms with E-state index < -0.39 is 9.84 Å². The van der Waals surface area contributed by atoms with Crippen LogP contribution in [-0.2, 0) is 15.6 Å². The SMILES string of the molecule is COc1ccc(Cl)cc1CS(=O)(=O)c1ccncc1N. The summed E-state index contributed by atoms with van der Waals surface area (Å²) in [5.41, 5.74) is 6.26. The molecule has 7 heteroatoms. The van der Waals surface area contributed by atoms with E-state index in [9.17, 15) is 8.42 Å². The fourth-order valence-corrected chi connectivity index (χ4v) is 3.48. The molecule has 1 aromatic heterocycles. The number of hydrogen-bond acceptors (Lipinski definition) is 5. The molecule has 2 N–H and O–H groups in total. The molecule has 0 bridgehead atoms. The summed E-state index contributed by atoms with van der Waals surface area (Å²) in [6.45, 7) is 0. The maximum Gasteiger partial charge on any atom is 0.184 e. The molecule has 20 heavy (non-hydrogen) atoms. The third-order valence-electron chi connectivity index (χ3n) is 2.73. The number of ether oxygens (including phenoxy) is 1. The number of anilines is 1. The van der Waals surface area contributed by atoms with Gasteiger partial charge in [0, 0.05) is 16.8 Å². The highest BCUT2D eigenvalue weighted by Gasteiger charge is 2.20. The molecule has 2 aromatic rings. The molecule has 0 unspecified atom stereocenters. The lowest BCUT2D eigenvalue weighted by Crippen LogP contribution is -2.09. The van der Waals surface area contributed by atoms with E-state index in [4.69, 9.17) is 22.1 Å². The molecular formula is C13H13ClN2O3S. The molecule has 106 valence electrons. The molecular weight excluding hydrogens is 300 g/mol. The number of aromatic nitrogens is 1. The number of nitrogen functional groups attached to an aromatic ring is 1.